The fraction of sp³-hybridized carbons (Fsp3) is 0.882. The lowest BCUT2D eigenvalue weighted by Crippen LogP contribution is -2.48. The summed E-state index contributed by atoms with van der Waals surface area (Å²) in [5.74, 6) is -0.0394. The number of carbonyl (C=O) groups excluding carboxylic acids is 2. The van der Waals surface area contributed by atoms with Crippen molar-refractivity contribution in [3.63, 3.8) is 0 Å². The lowest BCUT2D eigenvalue weighted by Gasteiger charge is -2.34. The molecule has 1 aliphatic rings. The van der Waals surface area contributed by atoms with Crippen molar-refractivity contribution < 1.29 is 9.59 Å². The highest BCUT2D eigenvalue weighted by Crippen LogP contribution is 2.28. The summed E-state index contributed by atoms with van der Waals surface area (Å²) in [6, 6.07) is 0. The van der Waals surface area contributed by atoms with Gasteiger partial charge in [-0.15, -0.1) is 0 Å². The summed E-state index contributed by atoms with van der Waals surface area (Å²) >= 11 is 0. The molecule has 1 aliphatic heterocycles. The molecule has 1 heterocycles. The van der Waals surface area contributed by atoms with Crippen molar-refractivity contribution >= 4 is 11.8 Å². The maximum absolute atomic E-state index is 12.4. The molecular weight excluding hydrogens is 264 g/mol. The van der Waals surface area contributed by atoms with Crippen molar-refractivity contribution in [1.29, 1.82) is 0 Å². The van der Waals surface area contributed by atoms with E-state index in [2.05, 4.69) is 46.9 Å². The van der Waals surface area contributed by atoms with Crippen LogP contribution in [0.1, 0.15) is 67.2 Å². The van der Waals surface area contributed by atoms with Crippen LogP contribution in [0.3, 0.4) is 0 Å². The van der Waals surface area contributed by atoms with E-state index in [1.807, 2.05) is 4.90 Å². The van der Waals surface area contributed by atoms with E-state index in [1.54, 1.807) is 0 Å². The van der Waals surface area contributed by atoms with E-state index in [-0.39, 0.29) is 28.7 Å². The van der Waals surface area contributed by atoms with E-state index < -0.39 is 0 Å². The van der Waals surface area contributed by atoms with E-state index in [0.717, 1.165) is 25.8 Å². The molecule has 4 heteroatoms. The zero-order valence-corrected chi connectivity index (χ0v) is 14.6. The van der Waals surface area contributed by atoms with Crippen molar-refractivity contribution in [2.45, 2.75) is 72.8 Å². The van der Waals surface area contributed by atoms with Gasteiger partial charge in [0.05, 0.1) is 5.92 Å². The number of rotatable bonds is 6. The Hall–Kier alpha value is -1.06. The molecule has 0 radical (unpaired) electrons. The minimum Gasteiger partial charge on any atom is -0.351 e. The molecule has 0 aromatic carbocycles. The number of amides is 2. The average Bonchev–Trinajstić information content (AvgIpc) is 2.64. The Kier molecular flexibility index (Phi) is 5.83. The molecule has 1 atom stereocenters. The van der Waals surface area contributed by atoms with Gasteiger partial charge in [-0.25, -0.2) is 0 Å². The molecule has 1 saturated heterocycles. The molecule has 0 bridgehead atoms. The van der Waals surface area contributed by atoms with Gasteiger partial charge in [-0.05, 0) is 32.1 Å². The molecule has 0 aromatic rings. The first-order valence-corrected chi connectivity index (χ1v) is 8.14. The number of nitrogens with one attached hydrogen (secondary N) is 1. The topological polar surface area (TPSA) is 49.4 Å². The summed E-state index contributed by atoms with van der Waals surface area (Å²) in [6.45, 7) is 14.1. The van der Waals surface area contributed by atoms with Crippen LogP contribution in [0.2, 0.25) is 0 Å². The zero-order chi connectivity index (χ0) is 16.3. The van der Waals surface area contributed by atoms with E-state index in [9.17, 15) is 9.59 Å². The van der Waals surface area contributed by atoms with E-state index in [0.29, 0.717) is 13.0 Å². The molecule has 0 saturated carbocycles. The third-order valence-corrected chi connectivity index (χ3v) is 3.80. The lowest BCUT2D eigenvalue weighted by molar-refractivity contribution is -0.129. The minimum absolute atomic E-state index is 0.0246. The van der Waals surface area contributed by atoms with Gasteiger partial charge in [0.15, 0.2) is 0 Å². The molecule has 4 nitrogen and oxygen atoms in total. The predicted octanol–water partition coefficient (Wildman–Crippen LogP) is 2.97. The Bertz CT molecular complexity index is 383. The van der Waals surface area contributed by atoms with Gasteiger partial charge in [0, 0.05) is 25.0 Å². The zero-order valence-electron chi connectivity index (χ0n) is 14.6. The quantitative estimate of drug-likeness (QED) is 0.819. The van der Waals surface area contributed by atoms with Gasteiger partial charge >= 0.3 is 0 Å². The third-order valence-electron chi connectivity index (χ3n) is 3.80. The molecule has 1 rings (SSSR count). The number of carbonyl (C=O) groups is 2. The van der Waals surface area contributed by atoms with Crippen LogP contribution in [0.5, 0.6) is 0 Å². The Morgan fingerprint density at radius 2 is 1.90 bits per heavy atom. The van der Waals surface area contributed by atoms with Crippen LogP contribution < -0.4 is 5.32 Å². The number of unbranched alkanes of at least 4 members (excludes halogenated alkanes) is 1. The summed E-state index contributed by atoms with van der Waals surface area (Å²) in [4.78, 5) is 26.2. The van der Waals surface area contributed by atoms with Crippen molar-refractivity contribution in [1.82, 2.24) is 10.2 Å². The Balaban J connectivity index is 2.55. The van der Waals surface area contributed by atoms with E-state index in [1.165, 1.54) is 0 Å². The summed E-state index contributed by atoms with van der Waals surface area (Å²) in [5.41, 5.74) is -0.0787. The third kappa shape index (κ3) is 6.06. The smallest absolute Gasteiger partial charge is 0.225 e. The summed E-state index contributed by atoms with van der Waals surface area (Å²) < 4.78 is 0. The maximum atomic E-state index is 12.4. The van der Waals surface area contributed by atoms with Crippen LogP contribution in [0.4, 0.5) is 0 Å². The number of nitrogens with zero attached hydrogens (tertiary/aromatic N) is 1. The molecule has 122 valence electrons. The molecule has 1 N–H and O–H groups in total. The Labute approximate surface area is 129 Å². The highest BCUT2D eigenvalue weighted by Gasteiger charge is 2.36. The first kappa shape index (κ1) is 18.0. The van der Waals surface area contributed by atoms with Crippen LogP contribution in [0.15, 0.2) is 0 Å². The second-order valence-electron chi connectivity index (χ2n) is 8.20. The van der Waals surface area contributed by atoms with E-state index >= 15 is 0 Å². The maximum Gasteiger partial charge on any atom is 0.225 e. The fourth-order valence-corrected chi connectivity index (χ4v) is 3.32. The van der Waals surface area contributed by atoms with Gasteiger partial charge in [0.2, 0.25) is 11.8 Å². The van der Waals surface area contributed by atoms with Crippen LogP contribution in [-0.4, -0.2) is 35.3 Å². The predicted molar refractivity (Wildman–Crippen MR) is 85.9 cm³/mol. The first-order valence-electron chi connectivity index (χ1n) is 8.14. The molecule has 0 unspecified atom stereocenters. The monoisotopic (exact) mass is 296 g/mol. The van der Waals surface area contributed by atoms with Gasteiger partial charge in [-0.3, -0.25) is 9.59 Å². The van der Waals surface area contributed by atoms with Gasteiger partial charge in [0.1, 0.15) is 0 Å². The Morgan fingerprint density at radius 1 is 1.29 bits per heavy atom. The number of hydrogen-bond donors (Lipinski definition) is 1. The second-order valence-corrected chi connectivity index (χ2v) is 8.20. The lowest BCUT2D eigenvalue weighted by atomic mass is 9.81. The Morgan fingerprint density at radius 3 is 2.43 bits per heavy atom. The average molecular weight is 296 g/mol. The van der Waals surface area contributed by atoms with Crippen LogP contribution in [-0.2, 0) is 9.59 Å². The highest BCUT2D eigenvalue weighted by molar-refractivity contribution is 5.89. The highest BCUT2D eigenvalue weighted by atomic mass is 16.2. The summed E-state index contributed by atoms with van der Waals surface area (Å²) in [7, 11) is 0. The molecule has 0 spiro atoms. The molecule has 2 amide bonds. The van der Waals surface area contributed by atoms with Crippen molar-refractivity contribution in [3.05, 3.63) is 0 Å². The van der Waals surface area contributed by atoms with Gasteiger partial charge in [-0.1, -0.05) is 34.1 Å². The SMILES string of the molecule is CCCCN1C[C@@H](C(=O)NC(C)(C)CC(C)(C)C)CC1=O. The first-order chi connectivity index (χ1) is 9.54. The molecule has 0 aliphatic carbocycles. The second kappa shape index (κ2) is 6.80. The van der Waals surface area contributed by atoms with Crippen molar-refractivity contribution in [2.75, 3.05) is 13.1 Å². The van der Waals surface area contributed by atoms with Crippen molar-refractivity contribution in [2.24, 2.45) is 11.3 Å². The van der Waals surface area contributed by atoms with Gasteiger partial charge in [-0.2, -0.15) is 0 Å². The van der Waals surface area contributed by atoms with Crippen LogP contribution in [0, 0.1) is 11.3 Å². The molecule has 0 aromatic heterocycles. The van der Waals surface area contributed by atoms with Crippen molar-refractivity contribution in [3.8, 4) is 0 Å². The summed E-state index contributed by atoms with van der Waals surface area (Å²) in [6.07, 6.45) is 3.35. The molecular formula is C17H32N2O2. The minimum atomic E-state index is -0.241. The molecule has 21 heavy (non-hydrogen) atoms. The van der Waals surface area contributed by atoms with Gasteiger partial charge in [0.25, 0.3) is 0 Å². The van der Waals surface area contributed by atoms with Gasteiger partial charge < -0.3 is 10.2 Å². The van der Waals surface area contributed by atoms with Crippen LogP contribution >= 0.6 is 0 Å². The fourth-order valence-electron chi connectivity index (χ4n) is 3.32. The molecule has 1 fully saturated rings. The number of likely N-dealkylation sites (tertiary alicyclic amines) is 1. The standard InChI is InChI=1S/C17H32N2O2/c1-7-8-9-19-11-13(10-14(19)20)15(21)18-17(5,6)12-16(2,3)4/h13H,7-12H2,1-6H3,(H,18,21)/t13-/m0/s1. The van der Waals surface area contributed by atoms with Crippen LogP contribution in [0.25, 0.3) is 0 Å². The normalized spacial score (nSPS) is 20.0. The van der Waals surface area contributed by atoms with E-state index in [4.69, 9.17) is 0 Å². The number of hydrogen-bond acceptors (Lipinski definition) is 2. The largest absolute Gasteiger partial charge is 0.351 e. The summed E-state index contributed by atoms with van der Waals surface area (Å²) in [5, 5.41) is 3.13.